The largest absolute Gasteiger partial charge is 0.497 e. The number of rotatable bonds is 20. The molecular weight excluding hydrogens is 462 g/mol. The number of benzene rings is 2. The van der Waals surface area contributed by atoms with Gasteiger partial charge in [-0.2, -0.15) is 0 Å². The summed E-state index contributed by atoms with van der Waals surface area (Å²) in [7, 11) is 4.96. The summed E-state index contributed by atoms with van der Waals surface area (Å²) in [5.74, 6) is 2.49. The molecule has 206 valence electrons. The predicted octanol–water partition coefficient (Wildman–Crippen LogP) is 7.98. The van der Waals surface area contributed by atoms with Crippen molar-refractivity contribution in [2.75, 3.05) is 27.9 Å². The molecule has 2 aromatic rings. The van der Waals surface area contributed by atoms with E-state index in [2.05, 4.69) is 6.92 Å². The number of methoxy groups -OCH3 is 3. The minimum atomic E-state index is 0.229. The van der Waals surface area contributed by atoms with Gasteiger partial charge in [0.25, 0.3) is 0 Å². The number of hydrogen-bond acceptors (Lipinski definition) is 4. The molecule has 0 radical (unpaired) electrons. The Kier molecular flexibility index (Phi) is 15.3. The lowest BCUT2D eigenvalue weighted by atomic mass is 10.0. The topological polar surface area (TPSA) is 48.0 Å². The molecule has 0 saturated carbocycles. The molecule has 0 bridgehead atoms. The van der Waals surface area contributed by atoms with E-state index in [0.29, 0.717) is 31.0 Å². The van der Waals surface area contributed by atoms with Crippen LogP contribution in [0.25, 0.3) is 0 Å². The first-order valence-electron chi connectivity index (χ1n) is 14.2. The van der Waals surface area contributed by atoms with Gasteiger partial charge in [-0.15, -0.1) is 0 Å². The van der Waals surface area contributed by atoms with E-state index in [-0.39, 0.29) is 5.91 Å². The highest BCUT2D eigenvalue weighted by Crippen LogP contribution is 2.28. The highest BCUT2D eigenvalue weighted by Gasteiger charge is 2.15. The molecule has 37 heavy (non-hydrogen) atoms. The third-order valence-corrected chi connectivity index (χ3v) is 7.00. The first-order valence-corrected chi connectivity index (χ1v) is 14.2. The van der Waals surface area contributed by atoms with Gasteiger partial charge in [-0.05, 0) is 48.2 Å². The van der Waals surface area contributed by atoms with Crippen LogP contribution in [0.15, 0.2) is 42.5 Å². The molecule has 0 saturated heterocycles. The maximum atomic E-state index is 13.2. The highest BCUT2D eigenvalue weighted by molar-refractivity contribution is 5.76. The molecular formula is C32H49NO4. The Labute approximate surface area is 225 Å². The molecule has 1 amide bonds. The summed E-state index contributed by atoms with van der Waals surface area (Å²) in [5, 5.41) is 0. The van der Waals surface area contributed by atoms with Crippen molar-refractivity contribution in [3.63, 3.8) is 0 Å². The number of ether oxygens (including phenoxy) is 3. The molecule has 0 N–H and O–H groups in total. The summed E-state index contributed by atoms with van der Waals surface area (Å²) in [4.78, 5) is 15.2. The van der Waals surface area contributed by atoms with Crippen molar-refractivity contribution >= 4 is 5.91 Å². The molecule has 2 rings (SSSR count). The van der Waals surface area contributed by atoms with Crippen LogP contribution in [0, 0.1) is 0 Å². The molecule has 0 unspecified atom stereocenters. The van der Waals surface area contributed by atoms with Crippen LogP contribution in [0.4, 0.5) is 0 Å². The van der Waals surface area contributed by atoms with Crippen molar-refractivity contribution in [1.82, 2.24) is 4.90 Å². The van der Waals surface area contributed by atoms with Crippen LogP contribution < -0.4 is 14.2 Å². The maximum Gasteiger partial charge on any atom is 0.222 e. The second kappa shape index (κ2) is 18.5. The Balaban J connectivity index is 1.84. The van der Waals surface area contributed by atoms with Gasteiger partial charge < -0.3 is 19.1 Å². The van der Waals surface area contributed by atoms with E-state index >= 15 is 0 Å². The minimum Gasteiger partial charge on any atom is -0.497 e. The van der Waals surface area contributed by atoms with Gasteiger partial charge in [0.05, 0.1) is 21.3 Å². The standard InChI is InChI=1S/C32H49NO4/c1-5-6-7-8-9-10-11-12-13-14-15-16-32(34)33(26-28-17-20-29(35-2)21-18-28)24-23-27-19-22-30(36-3)31(25-27)37-4/h17-22,25H,5-16,23-24,26H2,1-4H3. The second-order valence-electron chi connectivity index (χ2n) is 9.89. The SMILES string of the molecule is CCCCCCCCCCCCCC(=O)N(CCc1ccc(OC)c(OC)c1)Cc1ccc(OC)cc1. The van der Waals surface area contributed by atoms with E-state index in [0.717, 1.165) is 36.1 Å². The smallest absolute Gasteiger partial charge is 0.222 e. The third kappa shape index (κ3) is 11.9. The maximum absolute atomic E-state index is 13.2. The number of unbranched alkanes of at least 4 members (excludes halogenated alkanes) is 10. The fraction of sp³-hybridized carbons (Fsp3) is 0.594. The third-order valence-electron chi connectivity index (χ3n) is 7.00. The van der Waals surface area contributed by atoms with Crippen molar-refractivity contribution in [1.29, 1.82) is 0 Å². The lowest BCUT2D eigenvalue weighted by Crippen LogP contribution is -2.32. The van der Waals surface area contributed by atoms with Crippen molar-refractivity contribution in [3.8, 4) is 17.2 Å². The molecule has 0 atom stereocenters. The molecule has 5 nitrogen and oxygen atoms in total. The quantitative estimate of drug-likeness (QED) is 0.169. The lowest BCUT2D eigenvalue weighted by molar-refractivity contribution is -0.131. The normalized spacial score (nSPS) is 10.8. The van der Waals surface area contributed by atoms with E-state index in [1.807, 2.05) is 47.4 Å². The lowest BCUT2D eigenvalue weighted by Gasteiger charge is -2.23. The predicted molar refractivity (Wildman–Crippen MR) is 153 cm³/mol. The number of amides is 1. The zero-order valence-electron chi connectivity index (χ0n) is 23.7. The molecule has 2 aromatic carbocycles. The molecule has 0 aliphatic heterocycles. The first-order chi connectivity index (χ1) is 18.1. The van der Waals surface area contributed by atoms with Crippen LogP contribution in [0.2, 0.25) is 0 Å². The average molecular weight is 512 g/mol. The molecule has 0 heterocycles. The van der Waals surface area contributed by atoms with Gasteiger partial charge >= 0.3 is 0 Å². The fourth-order valence-corrected chi connectivity index (χ4v) is 4.64. The van der Waals surface area contributed by atoms with Crippen LogP contribution in [-0.4, -0.2) is 38.7 Å². The van der Waals surface area contributed by atoms with E-state index in [9.17, 15) is 4.79 Å². The number of carbonyl (C=O) groups excluding carboxylic acids is 1. The van der Waals surface area contributed by atoms with Gasteiger partial charge in [0, 0.05) is 19.5 Å². The summed E-state index contributed by atoms with van der Waals surface area (Å²) in [6.45, 7) is 3.54. The number of hydrogen-bond donors (Lipinski definition) is 0. The van der Waals surface area contributed by atoms with E-state index in [1.165, 1.54) is 57.8 Å². The van der Waals surface area contributed by atoms with Gasteiger partial charge in [0.2, 0.25) is 5.91 Å². The van der Waals surface area contributed by atoms with Crippen molar-refractivity contribution in [2.45, 2.75) is 96.9 Å². The highest BCUT2D eigenvalue weighted by atomic mass is 16.5. The summed E-state index contributed by atoms with van der Waals surface area (Å²) >= 11 is 0. The molecule has 0 aliphatic carbocycles. The average Bonchev–Trinajstić information content (AvgIpc) is 2.93. The van der Waals surface area contributed by atoms with E-state index in [1.54, 1.807) is 21.3 Å². The van der Waals surface area contributed by atoms with Crippen molar-refractivity contribution in [2.24, 2.45) is 0 Å². The van der Waals surface area contributed by atoms with Crippen LogP contribution >= 0.6 is 0 Å². The minimum absolute atomic E-state index is 0.229. The van der Waals surface area contributed by atoms with Crippen LogP contribution in [-0.2, 0) is 17.8 Å². The molecule has 0 aliphatic rings. The molecule has 0 aromatic heterocycles. The van der Waals surface area contributed by atoms with Gasteiger partial charge in [-0.25, -0.2) is 0 Å². The van der Waals surface area contributed by atoms with E-state index in [4.69, 9.17) is 14.2 Å². The Morgan fingerprint density at radius 3 is 1.81 bits per heavy atom. The summed E-state index contributed by atoms with van der Waals surface area (Å²) in [6, 6.07) is 14.0. The molecule has 0 fully saturated rings. The monoisotopic (exact) mass is 511 g/mol. The fourth-order valence-electron chi connectivity index (χ4n) is 4.64. The van der Waals surface area contributed by atoms with Crippen molar-refractivity contribution in [3.05, 3.63) is 53.6 Å². The molecule has 0 spiro atoms. The zero-order valence-corrected chi connectivity index (χ0v) is 23.7. The number of nitrogens with zero attached hydrogens (tertiary/aromatic N) is 1. The summed E-state index contributed by atoms with van der Waals surface area (Å²) in [6.07, 6.45) is 15.5. The van der Waals surface area contributed by atoms with Gasteiger partial charge in [0.1, 0.15) is 5.75 Å². The Morgan fingerprint density at radius 2 is 1.24 bits per heavy atom. The molecule has 5 heteroatoms. The Hall–Kier alpha value is -2.69. The summed E-state index contributed by atoms with van der Waals surface area (Å²) in [5.41, 5.74) is 2.24. The Bertz CT molecular complexity index is 881. The van der Waals surface area contributed by atoms with Crippen LogP contribution in [0.3, 0.4) is 0 Å². The zero-order chi connectivity index (χ0) is 26.7. The van der Waals surface area contributed by atoms with Crippen LogP contribution in [0.1, 0.15) is 95.1 Å². The second-order valence-corrected chi connectivity index (χ2v) is 9.89. The van der Waals surface area contributed by atoms with Crippen LogP contribution in [0.5, 0.6) is 17.2 Å². The van der Waals surface area contributed by atoms with E-state index < -0.39 is 0 Å². The Morgan fingerprint density at radius 1 is 0.676 bits per heavy atom. The van der Waals surface area contributed by atoms with Crippen molar-refractivity contribution < 1.29 is 19.0 Å². The van der Waals surface area contributed by atoms with Gasteiger partial charge in [-0.1, -0.05) is 89.3 Å². The van der Waals surface area contributed by atoms with Gasteiger partial charge in [-0.3, -0.25) is 4.79 Å². The number of carbonyl (C=O) groups is 1. The van der Waals surface area contributed by atoms with Gasteiger partial charge in [0.15, 0.2) is 11.5 Å². The summed E-state index contributed by atoms with van der Waals surface area (Å²) < 4.78 is 16.1. The first kappa shape index (κ1) is 30.5.